The van der Waals surface area contributed by atoms with Crippen LogP contribution in [0.5, 0.6) is 0 Å². The summed E-state index contributed by atoms with van der Waals surface area (Å²) in [6.45, 7) is 0. The molecule has 1 fully saturated rings. The fourth-order valence-corrected chi connectivity index (χ4v) is 1.51. The summed E-state index contributed by atoms with van der Waals surface area (Å²) in [4.78, 5) is 3.70. The Bertz CT molecular complexity index is 300. The molecule has 1 aromatic heterocycles. The summed E-state index contributed by atoms with van der Waals surface area (Å²) in [5.41, 5.74) is -1.29. The molecule has 2 rings (SSSR count). The maximum atomic E-state index is 12.6. The lowest BCUT2D eigenvalue weighted by Gasteiger charge is -2.18. The average molecular weight is 187 g/mol. The third-order valence-electron chi connectivity index (χ3n) is 2.51. The van der Waals surface area contributed by atoms with Crippen LogP contribution in [0.25, 0.3) is 0 Å². The van der Waals surface area contributed by atoms with E-state index in [1.165, 1.54) is 18.5 Å². The second kappa shape index (κ2) is 2.47. The molecular weight excluding hydrogens is 179 g/mol. The molecule has 0 unspecified atom stereocenters. The summed E-state index contributed by atoms with van der Waals surface area (Å²) in [6.07, 6.45) is -0.948. The quantitative estimate of drug-likeness (QED) is 0.658. The summed E-state index contributed by atoms with van der Waals surface area (Å²) < 4.78 is 37.7. The van der Waals surface area contributed by atoms with E-state index in [9.17, 15) is 13.2 Å². The molecule has 13 heavy (non-hydrogen) atoms. The van der Waals surface area contributed by atoms with Gasteiger partial charge in [-0.2, -0.15) is 13.2 Å². The Labute approximate surface area is 73.6 Å². The van der Waals surface area contributed by atoms with Crippen LogP contribution < -0.4 is 0 Å². The molecule has 1 nitrogen and oxygen atoms in total. The second-order valence-electron chi connectivity index (χ2n) is 3.32. The third-order valence-corrected chi connectivity index (χ3v) is 2.51. The first-order valence-electron chi connectivity index (χ1n) is 4.03. The van der Waals surface area contributed by atoms with E-state index >= 15 is 0 Å². The maximum absolute atomic E-state index is 12.6. The molecule has 70 valence electrons. The van der Waals surface area contributed by atoms with Gasteiger partial charge in [-0.25, -0.2) is 0 Å². The largest absolute Gasteiger partial charge is 0.398 e. The highest BCUT2D eigenvalue weighted by Gasteiger charge is 2.64. The van der Waals surface area contributed by atoms with Crippen molar-refractivity contribution in [3.05, 3.63) is 30.1 Å². The molecule has 1 aliphatic rings. The van der Waals surface area contributed by atoms with Gasteiger partial charge >= 0.3 is 6.18 Å². The number of aromatic nitrogens is 1. The first kappa shape index (κ1) is 8.53. The molecule has 4 heteroatoms. The Kier molecular flexibility index (Phi) is 1.62. The van der Waals surface area contributed by atoms with E-state index in [1.54, 1.807) is 6.07 Å². The first-order chi connectivity index (χ1) is 6.06. The predicted molar refractivity (Wildman–Crippen MR) is 41.2 cm³/mol. The molecule has 1 saturated carbocycles. The van der Waals surface area contributed by atoms with Gasteiger partial charge in [0.15, 0.2) is 0 Å². The van der Waals surface area contributed by atoms with E-state index in [-0.39, 0.29) is 12.8 Å². The van der Waals surface area contributed by atoms with Crippen molar-refractivity contribution in [3.63, 3.8) is 0 Å². The monoisotopic (exact) mass is 187 g/mol. The third kappa shape index (κ3) is 1.20. The van der Waals surface area contributed by atoms with Gasteiger partial charge in [-0.3, -0.25) is 4.98 Å². The smallest absolute Gasteiger partial charge is 0.264 e. The van der Waals surface area contributed by atoms with Crippen LogP contribution in [-0.4, -0.2) is 11.2 Å². The number of pyridine rings is 1. The summed E-state index contributed by atoms with van der Waals surface area (Å²) >= 11 is 0. The van der Waals surface area contributed by atoms with Crippen LogP contribution in [-0.2, 0) is 5.41 Å². The zero-order chi connectivity index (χ0) is 9.53. The molecule has 0 radical (unpaired) electrons. The van der Waals surface area contributed by atoms with Crippen molar-refractivity contribution in [3.8, 4) is 0 Å². The van der Waals surface area contributed by atoms with Crippen molar-refractivity contribution in [1.29, 1.82) is 0 Å². The van der Waals surface area contributed by atoms with Crippen LogP contribution in [0.1, 0.15) is 18.4 Å². The SMILES string of the molecule is FC(F)(F)C1(c2cccnc2)CC1. The van der Waals surface area contributed by atoms with Gasteiger partial charge in [0.1, 0.15) is 0 Å². The Morgan fingerprint density at radius 2 is 2.00 bits per heavy atom. The average Bonchev–Trinajstić information content (AvgIpc) is 2.84. The zero-order valence-corrected chi connectivity index (χ0v) is 6.80. The van der Waals surface area contributed by atoms with Crippen LogP contribution in [0.4, 0.5) is 13.2 Å². The normalized spacial score (nSPS) is 19.9. The maximum Gasteiger partial charge on any atom is 0.398 e. The fourth-order valence-electron chi connectivity index (χ4n) is 1.51. The molecular formula is C9H8F3N. The molecule has 1 aliphatic carbocycles. The standard InChI is InChI=1S/C9H8F3N/c10-9(11,12)8(3-4-8)7-2-1-5-13-6-7/h1-2,5-6H,3-4H2. The number of nitrogens with zero attached hydrogens (tertiary/aromatic N) is 1. The van der Waals surface area contributed by atoms with Gasteiger partial charge in [0.05, 0.1) is 5.41 Å². The van der Waals surface area contributed by atoms with E-state index in [2.05, 4.69) is 4.98 Å². The highest BCUT2D eigenvalue weighted by molar-refractivity contribution is 5.31. The molecule has 0 N–H and O–H groups in total. The fraction of sp³-hybridized carbons (Fsp3) is 0.444. The first-order valence-corrected chi connectivity index (χ1v) is 4.03. The predicted octanol–water partition coefficient (Wildman–Crippen LogP) is 2.68. The lowest BCUT2D eigenvalue weighted by Crippen LogP contribution is -2.28. The van der Waals surface area contributed by atoms with Crippen molar-refractivity contribution in [2.45, 2.75) is 24.4 Å². The number of rotatable bonds is 1. The lowest BCUT2D eigenvalue weighted by molar-refractivity contribution is -0.160. The molecule has 0 bridgehead atoms. The molecule has 0 aliphatic heterocycles. The Morgan fingerprint density at radius 1 is 1.31 bits per heavy atom. The van der Waals surface area contributed by atoms with E-state index in [0.29, 0.717) is 5.56 Å². The zero-order valence-electron chi connectivity index (χ0n) is 6.80. The highest BCUT2D eigenvalue weighted by atomic mass is 19.4. The molecule has 0 saturated heterocycles. The number of hydrogen-bond donors (Lipinski definition) is 0. The number of alkyl halides is 3. The molecule has 1 aromatic rings. The van der Waals surface area contributed by atoms with Gasteiger partial charge in [-0.1, -0.05) is 6.07 Å². The van der Waals surface area contributed by atoms with E-state index < -0.39 is 11.6 Å². The van der Waals surface area contributed by atoms with E-state index in [1.807, 2.05) is 0 Å². The summed E-state index contributed by atoms with van der Waals surface area (Å²) in [6, 6.07) is 3.04. The Balaban J connectivity index is 2.37. The van der Waals surface area contributed by atoms with Gasteiger partial charge in [0.25, 0.3) is 0 Å². The molecule has 0 amide bonds. The van der Waals surface area contributed by atoms with Gasteiger partial charge in [-0.05, 0) is 24.5 Å². The van der Waals surface area contributed by atoms with Crippen molar-refractivity contribution < 1.29 is 13.2 Å². The number of halogens is 3. The van der Waals surface area contributed by atoms with Crippen LogP contribution >= 0.6 is 0 Å². The van der Waals surface area contributed by atoms with Crippen molar-refractivity contribution in [2.24, 2.45) is 0 Å². The molecule has 1 heterocycles. The minimum Gasteiger partial charge on any atom is -0.264 e. The van der Waals surface area contributed by atoms with Gasteiger partial charge in [0.2, 0.25) is 0 Å². The van der Waals surface area contributed by atoms with Crippen LogP contribution in [0.15, 0.2) is 24.5 Å². The molecule has 0 atom stereocenters. The van der Waals surface area contributed by atoms with Crippen LogP contribution in [0.2, 0.25) is 0 Å². The topological polar surface area (TPSA) is 12.9 Å². The van der Waals surface area contributed by atoms with Gasteiger partial charge in [-0.15, -0.1) is 0 Å². The highest BCUT2D eigenvalue weighted by Crippen LogP contribution is 2.58. The lowest BCUT2D eigenvalue weighted by atomic mass is 9.97. The Hall–Kier alpha value is -1.06. The summed E-state index contributed by atoms with van der Waals surface area (Å²) in [7, 11) is 0. The Morgan fingerprint density at radius 3 is 2.38 bits per heavy atom. The summed E-state index contributed by atoms with van der Waals surface area (Å²) in [5, 5.41) is 0. The summed E-state index contributed by atoms with van der Waals surface area (Å²) in [5.74, 6) is 0. The van der Waals surface area contributed by atoms with E-state index in [4.69, 9.17) is 0 Å². The second-order valence-corrected chi connectivity index (χ2v) is 3.32. The van der Waals surface area contributed by atoms with Crippen LogP contribution in [0.3, 0.4) is 0 Å². The van der Waals surface area contributed by atoms with Gasteiger partial charge < -0.3 is 0 Å². The number of hydrogen-bond acceptors (Lipinski definition) is 1. The van der Waals surface area contributed by atoms with Crippen LogP contribution in [0, 0.1) is 0 Å². The van der Waals surface area contributed by atoms with E-state index in [0.717, 1.165) is 0 Å². The van der Waals surface area contributed by atoms with Crippen molar-refractivity contribution in [2.75, 3.05) is 0 Å². The van der Waals surface area contributed by atoms with Crippen molar-refractivity contribution >= 4 is 0 Å². The minimum absolute atomic E-state index is 0.197. The molecule has 0 spiro atoms. The minimum atomic E-state index is -4.13. The van der Waals surface area contributed by atoms with Gasteiger partial charge in [0, 0.05) is 12.4 Å². The van der Waals surface area contributed by atoms with Crippen molar-refractivity contribution in [1.82, 2.24) is 4.98 Å². The molecule has 0 aromatic carbocycles.